The molecule has 0 spiro atoms. The first-order chi connectivity index (χ1) is 13.5. The number of rotatable bonds is 6. The fourth-order valence-corrected chi connectivity index (χ4v) is 2.63. The van der Waals surface area contributed by atoms with Crippen molar-refractivity contribution in [3.05, 3.63) is 98.5 Å². The van der Waals surface area contributed by atoms with Gasteiger partial charge >= 0.3 is 0 Å². The van der Waals surface area contributed by atoms with Crippen LogP contribution in [0.25, 0.3) is 0 Å². The predicted octanol–water partition coefficient (Wildman–Crippen LogP) is 3.07. The molecule has 2 aromatic carbocycles. The van der Waals surface area contributed by atoms with Crippen LogP contribution in [0.15, 0.2) is 71.7 Å². The fraction of sp³-hybridized carbons (Fsp3) is 0.100. The van der Waals surface area contributed by atoms with E-state index >= 15 is 0 Å². The summed E-state index contributed by atoms with van der Waals surface area (Å²) in [5.41, 5.74) is 1.26. The van der Waals surface area contributed by atoms with Gasteiger partial charge in [-0.1, -0.05) is 12.1 Å². The standard InChI is InChI=1S/C20H17N3O5/c1-28-18-4-2-3-14(11-18)12-22-13-15(5-10-19(22)24)20(25)21-16-6-8-17(9-7-16)23(26)27/h2-11,13H,12H2,1H3,(H,21,25). The molecule has 0 aliphatic heterocycles. The molecule has 8 heteroatoms. The van der Waals surface area contributed by atoms with Crippen molar-refractivity contribution < 1.29 is 14.5 Å². The predicted molar refractivity (Wildman–Crippen MR) is 104 cm³/mol. The molecule has 3 aromatic rings. The van der Waals surface area contributed by atoms with Gasteiger partial charge in [0.25, 0.3) is 17.2 Å². The van der Waals surface area contributed by atoms with E-state index in [0.717, 1.165) is 5.56 Å². The minimum absolute atomic E-state index is 0.0650. The lowest BCUT2D eigenvalue weighted by atomic mass is 10.2. The number of nitrogens with zero attached hydrogens (tertiary/aromatic N) is 2. The molecule has 28 heavy (non-hydrogen) atoms. The minimum atomic E-state index is -0.514. The number of anilines is 1. The number of carbonyl (C=O) groups excluding carboxylic acids is 1. The lowest BCUT2D eigenvalue weighted by Crippen LogP contribution is -2.22. The summed E-state index contributed by atoms with van der Waals surface area (Å²) in [6.07, 6.45) is 1.47. The Bertz CT molecular complexity index is 1070. The van der Waals surface area contributed by atoms with Gasteiger partial charge in [-0.25, -0.2) is 0 Å². The average molecular weight is 379 g/mol. The van der Waals surface area contributed by atoms with Gasteiger partial charge in [0.2, 0.25) is 0 Å². The van der Waals surface area contributed by atoms with Crippen molar-refractivity contribution in [3.8, 4) is 5.75 Å². The summed E-state index contributed by atoms with van der Waals surface area (Å²) in [6.45, 7) is 0.286. The Labute approximate surface area is 160 Å². The van der Waals surface area contributed by atoms with Crippen LogP contribution in [0, 0.1) is 10.1 Å². The zero-order valence-electron chi connectivity index (χ0n) is 15.0. The average Bonchev–Trinajstić information content (AvgIpc) is 2.70. The van der Waals surface area contributed by atoms with Crippen LogP contribution in [0.5, 0.6) is 5.75 Å². The van der Waals surface area contributed by atoms with Crippen molar-refractivity contribution in [2.24, 2.45) is 0 Å². The first-order valence-corrected chi connectivity index (χ1v) is 8.35. The van der Waals surface area contributed by atoms with Crippen LogP contribution >= 0.6 is 0 Å². The number of benzene rings is 2. The Kier molecular flexibility index (Phi) is 5.50. The van der Waals surface area contributed by atoms with Crippen LogP contribution in [-0.2, 0) is 6.54 Å². The zero-order chi connectivity index (χ0) is 20.1. The molecular weight excluding hydrogens is 362 g/mol. The number of aromatic nitrogens is 1. The Morgan fingerprint density at radius 1 is 1.14 bits per heavy atom. The minimum Gasteiger partial charge on any atom is -0.497 e. The number of hydrogen-bond donors (Lipinski definition) is 1. The van der Waals surface area contributed by atoms with Gasteiger partial charge in [-0.2, -0.15) is 0 Å². The van der Waals surface area contributed by atoms with Gasteiger partial charge in [0.1, 0.15) is 5.75 Å². The van der Waals surface area contributed by atoms with E-state index in [9.17, 15) is 19.7 Å². The van der Waals surface area contributed by atoms with Gasteiger partial charge in [-0.05, 0) is 35.9 Å². The summed E-state index contributed by atoms with van der Waals surface area (Å²) in [4.78, 5) is 34.8. The number of nitro benzene ring substituents is 1. The van der Waals surface area contributed by atoms with E-state index in [2.05, 4.69) is 5.32 Å². The second-order valence-corrected chi connectivity index (χ2v) is 5.99. The van der Waals surface area contributed by atoms with Crippen LogP contribution in [0.2, 0.25) is 0 Å². The molecule has 0 radical (unpaired) electrons. The fourth-order valence-electron chi connectivity index (χ4n) is 2.63. The number of ether oxygens (including phenoxy) is 1. The Morgan fingerprint density at radius 2 is 1.89 bits per heavy atom. The molecule has 0 atom stereocenters. The highest BCUT2D eigenvalue weighted by molar-refractivity contribution is 6.04. The van der Waals surface area contributed by atoms with E-state index < -0.39 is 10.8 Å². The second-order valence-electron chi connectivity index (χ2n) is 5.99. The first kappa shape index (κ1) is 18.8. The Morgan fingerprint density at radius 3 is 2.57 bits per heavy atom. The monoisotopic (exact) mass is 379 g/mol. The third-order valence-corrected chi connectivity index (χ3v) is 4.07. The summed E-state index contributed by atoms with van der Waals surface area (Å²) in [5, 5.41) is 13.3. The molecular formula is C20H17N3O5. The highest BCUT2D eigenvalue weighted by atomic mass is 16.6. The van der Waals surface area contributed by atoms with Crippen LogP contribution < -0.4 is 15.6 Å². The highest BCUT2D eigenvalue weighted by Gasteiger charge is 2.10. The molecule has 0 aliphatic carbocycles. The molecule has 0 aliphatic rings. The summed E-state index contributed by atoms with van der Waals surface area (Å²) in [6, 6.07) is 15.6. The largest absolute Gasteiger partial charge is 0.497 e. The highest BCUT2D eigenvalue weighted by Crippen LogP contribution is 2.16. The topological polar surface area (TPSA) is 103 Å². The van der Waals surface area contributed by atoms with Gasteiger partial charge in [-0.15, -0.1) is 0 Å². The van der Waals surface area contributed by atoms with Crippen LogP contribution in [0.4, 0.5) is 11.4 Å². The normalized spacial score (nSPS) is 10.3. The zero-order valence-corrected chi connectivity index (χ0v) is 15.0. The lowest BCUT2D eigenvalue weighted by Gasteiger charge is -2.10. The van der Waals surface area contributed by atoms with Crippen molar-refractivity contribution in [1.82, 2.24) is 4.57 Å². The first-order valence-electron chi connectivity index (χ1n) is 8.35. The van der Waals surface area contributed by atoms with Crippen LogP contribution in [-0.4, -0.2) is 22.5 Å². The molecule has 8 nitrogen and oxygen atoms in total. The summed E-state index contributed by atoms with van der Waals surface area (Å²) in [5.74, 6) is 0.255. The van der Waals surface area contributed by atoms with E-state index in [0.29, 0.717) is 17.0 Å². The third-order valence-electron chi connectivity index (χ3n) is 4.07. The maximum absolute atomic E-state index is 12.5. The molecule has 142 valence electrons. The van der Waals surface area contributed by atoms with Crippen LogP contribution in [0.1, 0.15) is 15.9 Å². The van der Waals surface area contributed by atoms with Gasteiger partial charge in [0, 0.05) is 30.1 Å². The lowest BCUT2D eigenvalue weighted by molar-refractivity contribution is -0.384. The molecule has 0 fully saturated rings. The number of nitro groups is 1. The number of non-ortho nitro benzene ring substituents is 1. The molecule has 3 rings (SSSR count). The summed E-state index contributed by atoms with van der Waals surface area (Å²) in [7, 11) is 1.56. The number of methoxy groups -OCH3 is 1. The Hall–Kier alpha value is -3.94. The van der Waals surface area contributed by atoms with Crippen molar-refractivity contribution >= 4 is 17.3 Å². The smallest absolute Gasteiger partial charge is 0.269 e. The van der Waals surface area contributed by atoms with Crippen molar-refractivity contribution in [1.29, 1.82) is 0 Å². The van der Waals surface area contributed by atoms with E-state index in [1.165, 1.54) is 47.2 Å². The third kappa shape index (κ3) is 4.42. The molecule has 0 saturated heterocycles. The number of nitrogens with one attached hydrogen (secondary N) is 1. The molecule has 1 heterocycles. The van der Waals surface area contributed by atoms with Gasteiger partial charge < -0.3 is 14.6 Å². The molecule has 0 bridgehead atoms. The van der Waals surface area contributed by atoms with E-state index in [1.807, 2.05) is 18.2 Å². The number of hydrogen-bond acceptors (Lipinski definition) is 5. The van der Waals surface area contributed by atoms with Crippen molar-refractivity contribution in [3.63, 3.8) is 0 Å². The summed E-state index contributed by atoms with van der Waals surface area (Å²) < 4.78 is 6.61. The molecule has 0 unspecified atom stereocenters. The van der Waals surface area contributed by atoms with E-state index in [-0.39, 0.29) is 17.8 Å². The van der Waals surface area contributed by atoms with Gasteiger partial charge in [-0.3, -0.25) is 19.7 Å². The number of amides is 1. The molecule has 1 aromatic heterocycles. The van der Waals surface area contributed by atoms with Gasteiger partial charge in [0.05, 0.1) is 24.1 Å². The number of carbonyl (C=O) groups is 1. The van der Waals surface area contributed by atoms with E-state index in [4.69, 9.17) is 4.74 Å². The second kappa shape index (κ2) is 8.17. The number of pyridine rings is 1. The van der Waals surface area contributed by atoms with Crippen molar-refractivity contribution in [2.75, 3.05) is 12.4 Å². The van der Waals surface area contributed by atoms with Crippen molar-refractivity contribution in [2.45, 2.75) is 6.54 Å². The van der Waals surface area contributed by atoms with Gasteiger partial charge in [0.15, 0.2) is 0 Å². The van der Waals surface area contributed by atoms with Crippen LogP contribution in [0.3, 0.4) is 0 Å². The molecule has 1 N–H and O–H groups in total. The van der Waals surface area contributed by atoms with E-state index in [1.54, 1.807) is 13.2 Å². The maximum atomic E-state index is 12.5. The molecule has 0 saturated carbocycles. The molecule has 1 amide bonds. The SMILES string of the molecule is COc1cccc(Cn2cc(C(=O)Nc3ccc([N+](=O)[O-])cc3)ccc2=O)c1. The maximum Gasteiger partial charge on any atom is 0.269 e. The summed E-state index contributed by atoms with van der Waals surface area (Å²) >= 11 is 0. The quantitative estimate of drug-likeness (QED) is 0.524. The Balaban J connectivity index is 1.78.